The summed E-state index contributed by atoms with van der Waals surface area (Å²) < 4.78 is 109. The minimum Gasteiger partial charge on any atom is -0.460 e. The van der Waals surface area contributed by atoms with E-state index >= 15 is 0 Å². The number of carbonyl (C=O) groups excluding carboxylic acids is 2. The van der Waals surface area contributed by atoms with Crippen LogP contribution < -0.4 is 0 Å². The number of esters is 2. The van der Waals surface area contributed by atoms with Crippen LogP contribution in [-0.2, 0) is 19.1 Å². The highest BCUT2D eigenvalue weighted by atomic mass is 19.3. The first kappa shape index (κ1) is 22.1. The zero-order valence-electron chi connectivity index (χ0n) is 12.1. The van der Waals surface area contributed by atoms with Gasteiger partial charge in [0.05, 0.1) is 6.10 Å². The SMILES string of the molecule is CC(C)OC(=O)/C=C/C(=O)OC(F)C(F)(F)C(F)(F)C(F)C(F)F. The highest BCUT2D eigenvalue weighted by molar-refractivity contribution is 5.91. The van der Waals surface area contributed by atoms with Gasteiger partial charge in [0.25, 0.3) is 6.43 Å². The number of carbonyl (C=O) groups is 2. The Bertz CT molecular complexity index is 478. The lowest BCUT2D eigenvalue weighted by Crippen LogP contribution is -2.56. The summed E-state index contributed by atoms with van der Waals surface area (Å²) in [6, 6.07) is 0. The fraction of sp³-hybridized carbons (Fsp3) is 0.667. The molecule has 0 radical (unpaired) electrons. The Morgan fingerprint density at radius 3 is 1.62 bits per heavy atom. The van der Waals surface area contributed by atoms with Crippen LogP contribution in [0.3, 0.4) is 0 Å². The molecule has 0 aliphatic heterocycles. The summed E-state index contributed by atoms with van der Waals surface area (Å²) in [7, 11) is 0. The van der Waals surface area contributed by atoms with Crippen molar-refractivity contribution in [1.29, 1.82) is 0 Å². The maximum Gasteiger partial charge on any atom is 0.378 e. The second-order valence-corrected chi connectivity index (χ2v) is 4.55. The van der Waals surface area contributed by atoms with Gasteiger partial charge in [-0.25, -0.2) is 22.8 Å². The van der Waals surface area contributed by atoms with Crippen LogP contribution in [0.1, 0.15) is 13.8 Å². The molecule has 0 aromatic heterocycles. The molecule has 0 bridgehead atoms. The van der Waals surface area contributed by atoms with Gasteiger partial charge in [-0.3, -0.25) is 0 Å². The van der Waals surface area contributed by atoms with Crippen LogP contribution in [-0.4, -0.2) is 48.8 Å². The quantitative estimate of drug-likeness (QED) is 0.373. The first-order valence-corrected chi connectivity index (χ1v) is 6.14. The smallest absolute Gasteiger partial charge is 0.378 e. The molecule has 0 aromatic carbocycles. The molecule has 0 aliphatic rings. The molecule has 12 heteroatoms. The zero-order valence-corrected chi connectivity index (χ0v) is 12.1. The second-order valence-electron chi connectivity index (χ2n) is 4.55. The average molecular weight is 372 g/mol. The minimum atomic E-state index is -6.15. The highest BCUT2D eigenvalue weighted by Crippen LogP contribution is 2.44. The molecule has 0 saturated carbocycles. The molecule has 4 nitrogen and oxygen atoms in total. The van der Waals surface area contributed by atoms with Crippen LogP contribution in [0, 0.1) is 0 Å². The van der Waals surface area contributed by atoms with E-state index in [0.717, 1.165) is 0 Å². The summed E-state index contributed by atoms with van der Waals surface area (Å²) in [6.45, 7) is 2.83. The van der Waals surface area contributed by atoms with E-state index in [9.17, 15) is 44.7 Å². The van der Waals surface area contributed by atoms with Crippen molar-refractivity contribution in [3.05, 3.63) is 12.2 Å². The van der Waals surface area contributed by atoms with E-state index in [-0.39, 0.29) is 6.08 Å². The molecule has 0 saturated heterocycles. The van der Waals surface area contributed by atoms with Crippen LogP contribution in [0.4, 0.5) is 35.1 Å². The molecular formula is C12H12F8O4. The van der Waals surface area contributed by atoms with Crippen LogP contribution in [0.5, 0.6) is 0 Å². The van der Waals surface area contributed by atoms with Gasteiger partial charge in [-0.15, -0.1) is 0 Å². The van der Waals surface area contributed by atoms with E-state index in [1.54, 1.807) is 0 Å². The van der Waals surface area contributed by atoms with Gasteiger partial charge in [-0.05, 0) is 13.8 Å². The lowest BCUT2D eigenvalue weighted by molar-refractivity contribution is -0.312. The van der Waals surface area contributed by atoms with Crippen molar-refractivity contribution in [2.75, 3.05) is 0 Å². The molecule has 0 rings (SSSR count). The van der Waals surface area contributed by atoms with Gasteiger partial charge in [-0.1, -0.05) is 0 Å². The number of alkyl halides is 8. The van der Waals surface area contributed by atoms with Crippen molar-refractivity contribution < 1.29 is 54.2 Å². The average Bonchev–Trinajstić information content (AvgIpc) is 2.42. The molecule has 0 fully saturated rings. The predicted molar refractivity (Wildman–Crippen MR) is 62.2 cm³/mol. The monoisotopic (exact) mass is 372 g/mol. The van der Waals surface area contributed by atoms with Crippen molar-refractivity contribution in [1.82, 2.24) is 0 Å². The first-order valence-electron chi connectivity index (χ1n) is 6.14. The molecule has 2 atom stereocenters. The van der Waals surface area contributed by atoms with Gasteiger partial charge in [0, 0.05) is 12.2 Å². The Balaban J connectivity index is 4.96. The Labute approximate surface area is 130 Å². The molecule has 0 aliphatic carbocycles. The number of hydrogen-bond acceptors (Lipinski definition) is 4. The predicted octanol–water partition coefficient (Wildman–Crippen LogP) is 3.21. The topological polar surface area (TPSA) is 52.6 Å². The Morgan fingerprint density at radius 2 is 1.25 bits per heavy atom. The van der Waals surface area contributed by atoms with E-state index in [4.69, 9.17) is 0 Å². The molecule has 0 heterocycles. The molecule has 0 spiro atoms. The van der Waals surface area contributed by atoms with Crippen LogP contribution >= 0.6 is 0 Å². The summed E-state index contributed by atoms with van der Waals surface area (Å²) in [5.41, 5.74) is 0. The van der Waals surface area contributed by atoms with E-state index in [1.807, 2.05) is 0 Å². The molecule has 0 amide bonds. The summed E-state index contributed by atoms with van der Waals surface area (Å²) in [5, 5.41) is 0. The minimum absolute atomic E-state index is 0.0750. The second kappa shape index (κ2) is 8.29. The van der Waals surface area contributed by atoms with Gasteiger partial charge < -0.3 is 9.47 Å². The number of ether oxygens (including phenoxy) is 2. The van der Waals surface area contributed by atoms with E-state index < -0.39 is 48.8 Å². The maximum absolute atomic E-state index is 13.1. The number of hydrogen-bond donors (Lipinski definition) is 0. The Hall–Kier alpha value is -1.88. The number of rotatable bonds is 8. The van der Waals surface area contributed by atoms with Crippen LogP contribution in [0.25, 0.3) is 0 Å². The molecule has 0 N–H and O–H groups in total. The Kier molecular flexibility index (Phi) is 7.64. The van der Waals surface area contributed by atoms with Crippen molar-refractivity contribution >= 4 is 11.9 Å². The summed E-state index contributed by atoms with van der Waals surface area (Å²) in [4.78, 5) is 21.9. The van der Waals surface area contributed by atoms with E-state index in [2.05, 4.69) is 9.47 Å². The fourth-order valence-electron chi connectivity index (χ4n) is 1.12. The third kappa shape index (κ3) is 5.64. The third-order valence-electron chi connectivity index (χ3n) is 2.22. The molecule has 2 unspecified atom stereocenters. The number of halogens is 8. The van der Waals surface area contributed by atoms with Crippen LogP contribution in [0.15, 0.2) is 12.2 Å². The van der Waals surface area contributed by atoms with Crippen molar-refractivity contribution in [2.24, 2.45) is 0 Å². The van der Waals surface area contributed by atoms with Gasteiger partial charge in [0.15, 0.2) is 0 Å². The molecular weight excluding hydrogens is 360 g/mol. The summed E-state index contributed by atoms with van der Waals surface area (Å²) in [5.74, 6) is -15.4. The van der Waals surface area contributed by atoms with Crippen LogP contribution in [0.2, 0.25) is 0 Å². The largest absolute Gasteiger partial charge is 0.460 e. The van der Waals surface area contributed by atoms with Gasteiger partial charge in [-0.2, -0.15) is 22.0 Å². The molecule has 140 valence electrons. The fourth-order valence-corrected chi connectivity index (χ4v) is 1.12. The lowest BCUT2D eigenvalue weighted by atomic mass is 10.1. The zero-order chi connectivity index (χ0) is 19.3. The van der Waals surface area contributed by atoms with Gasteiger partial charge >= 0.3 is 30.1 Å². The summed E-state index contributed by atoms with van der Waals surface area (Å²) in [6.07, 6.45) is -13.9. The first-order chi connectivity index (χ1) is 10.7. The van der Waals surface area contributed by atoms with E-state index in [1.165, 1.54) is 13.8 Å². The highest BCUT2D eigenvalue weighted by Gasteiger charge is 2.70. The summed E-state index contributed by atoms with van der Waals surface area (Å²) >= 11 is 0. The molecule has 24 heavy (non-hydrogen) atoms. The normalized spacial score (nSPS) is 15.7. The van der Waals surface area contributed by atoms with Crippen molar-refractivity contribution in [3.8, 4) is 0 Å². The third-order valence-corrected chi connectivity index (χ3v) is 2.22. The van der Waals surface area contributed by atoms with E-state index in [0.29, 0.717) is 6.08 Å². The van der Waals surface area contributed by atoms with Gasteiger partial charge in [0.1, 0.15) is 0 Å². The maximum atomic E-state index is 13.1. The van der Waals surface area contributed by atoms with Crippen molar-refractivity contribution in [2.45, 2.75) is 50.8 Å². The lowest BCUT2D eigenvalue weighted by Gasteiger charge is -2.30. The van der Waals surface area contributed by atoms with Crippen molar-refractivity contribution in [3.63, 3.8) is 0 Å². The van der Waals surface area contributed by atoms with Gasteiger partial charge in [0.2, 0.25) is 6.17 Å². The standard InChI is InChI=1S/C12H12F8O4/c1-5(2)23-6(21)3-4-7(22)24-10(16)12(19,20)11(17,18)8(13)9(14)15/h3-5,8-10H,1-2H3/b4-3+. The Morgan fingerprint density at radius 1 is 0.833 bits per heavy atom. The molecule has 0 aromatic rings.